The van der Waals surface area contributed by atoms with Crippen molar-refractivity contribution in [2.75, 3.05) is 33.7 Å². The van der Waals surface area contributed by atoms with E-state index in [1.165, 1.54) is 0 Å². The van der Waals surface area contributed by atoms with Gasteiger partial charge in [0.2, 0.25) is 5.91 Å². The summed E-state index contributed by atoms with van der Waals surface area (Å²) >= 11 is 0. The zero-order valence-corrected chi connectivity index (χ0v) is 16.2. The fraction of sp³-hybridized carbons (Fsp3) is 0.619. The Bertz CT molecular complexity index is 663. The van der Waals surface area contributed by atoms with Crippen LogP contribution in [-0.4, -0.2) is 61.0 Å². The number of fused-ring (bicyclic) bond motifs is 1. The van der Waals surface area contributed by atoms with Crippen LogP contribution in [0.3, 0.4) is 0 Å². The number of nitrogens with zero attached hydrogens (tertiary/aromatic N) is 2. The van der Waals surface area contributed by atoms with Gasteiger partial charge in [-0.15, -0.1) is 0 Å². The zero-order chi connectivity index (χ0) is 18.9. The molecule has 5 nitrogen and oxygen atoms in total. The summed E-state index contributed by atoms with van der Waals surface area (Å²) in [6.45, 7) is 4.72. The highest BCUT2D eigenvalue weighted by Crippen LogP contribution is 2.42. The lowest BCUT2D eigenvalue weighted by molar-refractivity contribution is -0.895. The average Bonchev–Trinajstić information content (AvgIpc) is 2.95. The van der Waals surface area contributed by atoms with Crippen molar-refractivity contribution in [1.29, 1.82) is 0 Å². The molecule has 1 aromatic carbocycles. The molecule has 0 unspecified atom stereocenters. The number of hydrogen-bond donors (Lipinski definition) is 0. The first-order chi connectivity index (χ1) is 12.3. The molecule has 2 aliphatic rings. The summed E-state index contributed by atoms with van der Waals surface area (Å²) in [4.78, 5) is 27.0. The number of carboxylic acids is 1. The van der Waals surface area contributed by atoms with Crippen molar-refractivity contribution in [3.63, 3.8) is 0 Å². The standard InChI is InChI=1S/C21H30N2O3/c1-4-22(18-9-11-23(2,3)12-10-18)20(26)21(15-19(24)25)13-16-7-5-6-8-17(16)14-21/h5-8,18H,4,9-15H2,1-3H3. The highest BCUT2D eigenvalue weighted by atomic mass is 16.4. The number of carbonyl (C=O) groups is 2. The van der Waals surface area contributed by atoms with Crippen LogP contribution in [0.4, 0.5) is 0 Å². The van der Waals surface area contributed by atoms with Gasteiger partial charge in [-0.05, 0) is 30.9 Å². The predicted molar refractivity (Wildman–Crippen MR) is 98.2 cm³/mol. The minimum Gasteiger partial charge on any atom is -0.550 e. The highest BCUT2D eigenvalue weighted by Gasteiger charge is 2.47. The number of quaternary nitrogens is 1. The average molecular weight is 358 g/mol. The van der Waals surface area contributed by atoms with E-state index in [1.807, 2.05) is 36.1 Å². The van der Waals surface area contributed by atoms with Gasteiger partial charge in [0.05, 0.1) is 32.6 Å². The van der Waals surface area contributed by atoms with Crippen LogP contribution in [0.2, 0.25) is 0 Å². The molecule has 0 radical (unpaired) electrons. The van der Waals surface area contributed by atoms with Crippen molar-refractivity contribution in [3.8, 4) is 0 Å². The molecule has 142 valence electrons. The molecule has 1 aromatic rings. The second-order valence-corrected chi connectivity index (χ2v) is 8.66. The van der Waals surface area contributed by atoms with E-state index in [2.05, 4.69) is 14.1 Å². The number of rotatable bonds is 5. The number of hydrogen-bond acceptors (Lipinski definition) is 3. The Labute approximate surface area is 156 Å². The molecule has 0 N–H and O–H groups in total. The van der Waals surface area contributed by atoms with Gasteiger partial charge in [0.1, 0.15) is 0 Å². The second-order valence-electron chi connectivity index (χ2n) is 8.66. The third kappa shape index (κ3) is 3.63. The number of amides is 1. The van der Waals surface area contributed by atoms with Gasteiger partial charge in [0, 0.05) is 37.8 Å². The Balaban J connectivity index is 1.85. The van der Waals surface area contributed by atoms with E-state index in [-0.39, 0.29) is 18.4 Å². The van der Waals surface area contributed by atoms with Crippen molar-refractivity contribution >= 4 is 11.9 Å². The number of piperidine rings is 1. The van der Waals surface area contributed by atoms with Gasteiger partial charge in [-0.2, -0.15) is 0 Å². The molecule has 0 spiro atoms. The molecular formula is C21H30N2O3. The summed E-state index contributed by atoms with van der Waals surface area (Å²) in [5, 5.41) is 11.5. The largest absolute Gasteiger partial charge is 0.550 e. The Morgan fingerprint density at radius 2 is 1.69 bits per heavy atom. The molecule has 0 atom stereocenters. The maximum atomic E-state index is 13.6. The number of carbonyl (C=O) groups excluding carboxylic acids is 2. The summed E-state index contributed by atoms with van der Waals surface area (Å²) < 4.78 is 0.984. The van der Waals surface area contributed by atoms with E-state index < -0.39 is 11.4 Å². The molecule has 1 heterocycles. The van der Waals surface area contributed by atoms with Gasteiger partial charge < -0.3 is 19.3 Å². The monoisotopic (exact) mass is 358 g/mol. The highest BCUT2D eigenvalue weighted by molar-refractivity contribution is 5.88. The predicted octanol–water partition coefficient (Wildman–Crippen LogP) is 0.999. The smallest absolute Gasteiger partial charge is 0.230 e. The van der Waals surface area contributed by atoms with Crippen molar-refractivity contribution in [1.82, 2.24) is 4.90 Å². The summed E-state index contributed by atoms with van der Waals surface area (Å²) in [6, 6.07) is 8.14. The summed E-state index contributed by atoms with van der Waals surface area (Å²) in [6.07, 6.45) is 2.74. The van der Waals surface area contributed by atoms with Gasteiger partial charge in [0.25, 0.3) is 0 Å². The fourth-order valence-corrected chi connectivity index (χ4v) is 4.76. The number of carboxylic acid groups (broad SMARTS) is 1. The van der Waals surface area contributed by atoms with Gasteiger partial charge >= 0.3 is 0 Å². The van der Waals surface area contributed by atoms with Gasteiger partial charge in [0.15, 0.2) is 0 Å². The molecular weight excluding hydrogens is 328 g/mol. The third-order valence-electron chi connectivity index (χ3n) is 6.29. The summed E-state index contributed by atoms with van der Waals surface area (Å²) in [5.74, 6) is -1.14. The molecule has 0 aromatic heterocycles. The van der Waals surface area contributed by atoms with Crippen LogP contribution in [0.5, 0.6) is 0 Å². The van der Waals surface area contributed by atoms with Crippen molar-refractivity contribution in [3.05, 3.63) is 35.4 Å². The molecule has 1 fully saturated rings. The van der Waals surface area contributed by atoms with Crippen LogP contribution < -0.4 is 5.11 Å². The SMILES string of the molecule is CCN(C(=O)C1(CC(=O)[O-])Cc2ccccc2C1)C1CC[N+](C)(C)CC1. The zero-order valence-electron chi connectivity index (χ0n) is 16.2. The molecule has 3 rings (SSSR count). The quantitative estimate of drug-likeness (QED) is 0.738. The van der Waals surface area contributed by atoms with Crippen LogP contribution in [0, 0.1) is 5.41 Å². The van der Waals surface area contributed by atoms with E-state index in [0.717, 1.165) is 41.5 Å². The first-order valence-corrected chi connectivity index (χ1v) is 9.66. The molecule has 5 heteroatoms. The van der Waals surface area contributed by atoms with Crippen molar-refractivity contribution in [2.45, 2.75) is 45.1 Å². The van der Waals surface area contributed by atoms with Crippen LogP contribution in [0.15, 0.2) is 24.3 Å². The lowest BCUT2D eigenvalue weighted by Gasteiger charge is -2.44. The lowest BCUT2D eigenvalue weighted by atomic mass is 9.79. The topological polar surface area (TPSA) is 60.4 Å². The normalized spacial score (nSPS) is 21.2. The molecule has 1 amide bonds. The first kappa shape index (κ1) is 18.9. The van der Waals surface area contributed by atoms with Crippen molar-refractivity contribution in [2.24, 2.45) is 5.41 Å². The number of likely N-dealkylation sites (tertiary alicyclic amines) is 1. The number of benzene rings is 1. The number of aliphatic carboxylic acids is 1. The second kappa shape index (κ2) is 7.03. The lowest BCUT2D eigenvalue weighted by Crippen LogP contribution is -2.56. The Morgan fingerprint density at radius 1 is 1.15 bits per heavy atom. The molecule has 1 aliphatic heterocycles. The summed E-state index contributed by atoms with van der Waals surface area (Å²) in [5.41, 5.74) is 1.31. The van der Waals surface area contributed by atoms with Crippen LogP contribution in [0.25, 0.3) is 0 Å². The molecule has 1 aliphatic carbocycles. The molecule has 1 saturated heterocycles. The summed E-state index contributed by atoms with van der Waals surface area (Å²) in [7, 11) is 4.44. The maximum Gasteiger partial charge on any atom is 0.230 e. The van der Waals surface area contributed by atoms with Crippen LogP contribution in [0.1, 0.15) is 37.3 Å². The van der Waals surface area contributed by atoms with E-state index >= 15 is 0 Å². The first-order valence-electron chi connectivity index (χ1n) is 9.66. The minimum absolute atomic E-state index is 0.00222. The Kier molecular flexibility index (Phi) is 5.11. The third-order valence-corrected chi connectivity index (χ3v) is 6.29. The van der Waals surface area contributed by atoms with Crippen LogP contribution in [-0.2, 0) is 22.4 Å². The van der Waals surface area contributed by atoms with E-state index in [0.29, 0.717) is 19.4 Å². The van der Waals surface area contributed by atoms with Gasteiger partial charge in [-0.25, -0.2) is 0 Å². The maximum absolute atomic E-state index is 13.6. The van der Waals surface area contributed by atoms with E-state index in [1.54, 1.807) is 0 Å². The van der Waals surface area contributed by atoms with E-state index in [4.69, 9.17) is 0 Å². The fourth-order valence-electron chi connectivity index (χ4n) is 4.76. The molecule has 0 saturated carbocycles. The van der Waals surface area contributed by atoms with Gasteiger partial charge in [-0.3, -0.25) is 4.79 Å². The van der Waals surface area contributed by atoms with Crippen LogP contribution >= 0.6 is 0 Å². The van der Waals surface area contributed by atoms with E-state index in [9.17, 15) is 14.7 Å². The Morgan fingerprint density at radius 3 is 2.15 bits per heavy atom. The van der Waals surface area contributed by atoms with Crippen molar-refractivity contribution < 1.29 is 19.2 Å². The van der Waals surface area contributed by atoms with Gasteiger partial charge in [-0.1, -0.05) is 24.3 Å². The molecule has 0 bridgehead atoms. The Hall–Kier alpha value is -1.88. The minimum atomic E-state index is -1.14. The molecule has 26 heavy (non-hydrogen) atoms.